The summed E-state index contributed by atoms with van der Waals surface area (Å²) in [5.41, 5.74) is 0. The Morgan fingerprint density at radius 3 is 2.32 bits per heavy atom. The zero-order chi connectivity index (χ0) is 19.0. The minimum atomic E-state index is -3.98. The van der Waals surface area contributed by atoms with E-state index in [9.17, 15) is 18.0 Å². The van der Waals surface area contributed by atoms with Crippen LogP contribution in [-0.2, 0) is 19.6 Å². The van der Waals surface area contributed by atoms with Crippen molar-refractivity contribution in [2.24, 2.45) is 0 Å². The molecule has 0 spiro atoms. The van der Waals surface area contributed by atoms with Crippen molar-refractivity contribution < 1.29 is 32.6 Å². The number of benzene rings is 1. The Labute approximate surface area is 146 Å². The molecule has 10 heteroatoms. The Bertz CT molecular complexity index is 719. The molecule has 0 aliphatic carbocycles. The van der Waals surface area contributed by atoms with Crippen LogP contribution in [0.5, 0.6) is 11.5 Å². The molecule has 1 atom stereocenters. The lowest BCUT2D eigenvalue weighted by Crippen LogP contribution is -2.43. The number of carbonyl (C=O) groups excluding carboxylic acids is 1. The van der Waals surface area contributed by atoms with E-state index in [1.807, 2.05) is 0 Å². The van der Waals surface area contributed by atoms with E-state index in [0.29, 0.717) is 19.0 Å². The van der Waals surface area contributed by atoms with Gasteiger partial charge in [-0.15, -0.1) is 0 Å². The van der Waals surface area contributed by atoms with E-state index in [4.69, 9.17) is 14.6 Å². The van der Waals surface area contributed by atoms with Crippen LogP contribution >= 0.6 is 0 Å². The molecule has 25 heavy (non-hydrogen) atoms. The van der Waals surface area contributed by atoms with Crippen LogP contribution < -0.4 is 19.5 Å². The minimum absolute atomic E-state index is 0.0986. The number of ether oxygens (including phenoxy) is 2. The summed E-state index contributed by atoms with van der Waals surface area (Å²) in [6.07, 6.45) is 0. The van der Waals surface area contributed by atoms with E-state index in [0.717, 1.165) is 0 Å². The fraction of sp³-hybridized carbons (Fsp3) is 0.467. The SMILES string of the molecule is CCOc1ccc(S(=O)(=O)NCC(=O)NC(C)C(=O)O)cc1OCC. The fourth-order valence-electron chi connectivity index (χ4n) is 1.80. The molecule has 3 N–H and O–H groups in total. The Balaban J connectivity index is 2.86. The Hall–Kier alpha value is -2.33. The average Bonchev–Trinajstić information content (AvgIpc) is 2.55. The molecule has 0 fully saturated rings. The van der Waals surface area contributed by atoms with E-state index in [-0.39, 0.29) is 10.6 Å². The zero-order valence-corrected chi connectivity index (χ0v) is 15.1. The lowest BCUT2D eigenvalue weighted by atomic mass is 10.3. The summed E-state index contributed by atoms with van der Waals surface area (Å²) in [5.74, 6) is -1.29. The van der Waals surface area contributed by atoms with E-state index >= 15 is 0 Å². The molecule has 0 bridgehead atoms. The molecule has 0 aromatic heterocycles. The van der Waals surface area contributed by atoms with Gasteiger partial charge >= 0.3 is 5.97 Å². The molecule has 1 amide bonds. The van der Waals surface area contributed by atoms with Gasteiger partial charge in [-0.1, -0.05) is 0 Å². The summed E-state index contributed by atoms with van der Waals surface area (Å²) >= 11 is 0. The van der Waals surface area contributed by atoms with Gasteiger partial charge in [0.1, 0.15) is 6.04 Å². The number of amides is 1. The van der Waals surface area contributed by atoms with Crippen molar-refractivity contribution in [2.45, 2.75) is 31.7 Å². The van der Waals surface area contributed by atoms with Gasteiger partial charge in [0.2, 0.25) is 15.9 Å². The first kappa shape index (κ1) is 20.7. The Morgan fingerprint density at radius 1 is 1.16 bits per heavy atom. The van der Waals surface area contributed by atoms with Crippen molar-refractivity contribution >= 4 is 21.9 Å². The highest BCUT2D eigenvalue weighted by molar-refractivity contribution is 7.89. The van der Waals surface area contributed by atoms with Gasteiger partial charge in [0.15, 0.2) is 11.5 Å². The van der Waals surface area contributed by atoms with Gasteiger partial charge < -0.3 is 19.9 Å². The molecule has 0 saturated carbocycles. The van der Waals surface area contributed by atoms with E-state index < -0.39 is 34.5 Å². The molecule has 140 valence electrons. The van der Waals surface area contributed by atoms with E-state index in [1.54, 1.807) is 13.8 Å². The molecular formula is C15H22N2O7S. The maximum Gasteiger partial charge on any atom is 0.325 e. The minimum Gasteiger partial charge on any atom is -0.490 e. The summed E-state index contributed by atoms with van der Waals surface area (Å²) in [7, 11) is -3.98. The third kappa shape index (κ3) is 6.24. The van der Waals surface area contributed by atoms with E-state index in [2.05, 4.69) is 10.0 Å². The quantitative estimate of drug-likeness (QED) is 0.538. The van der Waals surface area contributed by atoms with Gasteiger partial charge in [-0.2, -0.15) is 0 Å². The van der Waals surface area contributed by atoms with Crippen LogP contribution in [0.15, 0.2) is 23.1 Å². The highest BCUT2D eigenvalue weighted by atomic mass is 32.2. The largest absolute Gasteiger partial charge is 0.490 e. The molecule has 9 nitrogen and oxygen atoms in total. The number of hydrogen-bond acceptors (Lipinski definition) is 6. The van der Waals surface area contributed by atoms with Crippen molar-refractivity contribution in [2.75, 3.05) is 19.8 Å². The van der Waals surface area contributed by atoms with Crippen molar-refractivity contribution in [3.05, 3.63) is 18.2 Å². The Kier molecular flexibility index (Phi) is 7.65. The van der Waals surface area contributed by atoms with Crippen molar-refractivity contribution in [3.8, 4) is 11.5 Å². The fourth-order valence-corrected chi connectivity index (χ4v) is 2.79. The summed E-state index contributed by atoms with van der Waals surface area (Å²) < 4.78 is 37.4. The highest BCUT2D eigenvalue weighted by Crippen LogP contribution is 2.30. The molecule has 1 unspecified atom stereocenters. The molecule has 1 rings (SSSR count). The molecule has 1 aromatic carbocycles. The number of aliphatic carboxylic acids is 1. The van der Waals surface area contributed by atoms with Crippen LogP contribution in [0.25, 0.3) is 0 Å². The van der Waals surface area contributed by atoms with Crippen LogP contribution in [0.1, 0.15) is 20.8 Å². The number of carboxylic acids is 1. The maximum atomic E-state index is 12.3. The Morgan fingerprint density at radius 2 is 1.76 bits per heavy atom. The van der Waals surface area contributed by atoms with Crippen LogP contribution in [0, 0.1) is 0 Å². The summed E-state index contributed by atoms with van der Waals surface area (Å²) in [4.78, 5) is 22.2. The smallest absolute Gasteiger partial charge is 0.325 e. The number of nitrogens with one attached hydrogen (secondary N) is 2. The molecule has 0 saturated heterocycles. The second-order valence-electron chi connectivity index (χ2n) is 4.93. The first-order chi connectivity index (χ1) is 11.7. The monoisotopic (exact) mass is 374 g/mol. The van der Waals surface area contributed by atoms with Gasteiger partial charge in [0, 0.05) is 6.07 Å². The van der Waals surface area contributed by atoms with Gasteiger partial charge in [0.25, 0.3) is 0 Å². The third-order valence-electron chi connectivity index (χ3n) is 3.00. The van der Waals surface area contributed by atoms with Crippen molar-refractivity contribution in [1.82, 2.24) is 10.0 Å². The van der Waals surface area contributed by atoms with Gasteiger partial charge in [-0.25, -0.2) is 13.1 Å². The number of carbonyl (C=O) groups is 2. The van der Waals surface area contributed by atoms with Crippen LogP contribution in [-0.4, -0.2) is 51.2 Å². The standard InChI is InChI=1S/C15H22N2O7S/c1-4-23-12-7-6-11(8-13(12)24-5-2)25(21,22)16-9-14(18)17-10(3)15(19)20/h6-8,10,16H,4-5,9H2,1-3H3,(H,17,18)(H,19,20). The molecule has 0 aliphatic rings. The predicted molar refractivity (Wildman–Crippen MR) is 89.2 cm³/mol. The number of sulfonamides is 1. The first-order valence-corrected chi connectivity index (χ1v) is 9.11. The van der Waals surface area contributed by atoms with Gasteiger partial charge in [-0.05, 0) is 32.9 Å². The molecular weight excluding hydrogens is 352 g/mol. The summed E-state index contributed by atoms with van der Waals surface area (Å²) in [5, 5.41) is 10.9. The number of rotatable bonds is 10. The third-order valence-corrected chi connectivity index (χ3v) is 4.39. The zero-order valence-electron chi connectivity index (χ0n) is 14.2. The lowest BCUT2D eigenvalue weighted by molar-refractivity contribution is -0.141. The molecule has 0 radical (unpaired) electrons. The second kappa shape index (κ2) is 9.23. The normalized spacial score (nSPS) is 12.3. The van der Waals surface area contributed by atoms with Crippen molar-refractivity contribution in [1.29, 1.82) is 0 Å². The topological polar surface area (TPSA) is 131 Å². The van der Waals surface area contributed by atoms with E-state index in [1.165, 1.54) is 25.1 Å². The van der Waals surface area contributed by atoms with Gasteiger partial charge in [-0.3, -0.25) is 9.59 Å². The van der Waals surface area contributed by atoms with Gasteiger partial charge in [0.05, 0.1) is 24.7 Å². The number of carboxylic acid groups (broad SMARTS) is 1. The molecule has 1 aromatic rings. The lowest BCUT2D eigenvalue weighted by Gasteiger charge is -2.13. The van der Waals surface area contributed by atoms with Crippen LogP contribution in [0.4, 0.5) is 0 Å². The average molecular weight is 374 g/mol. The maximum absolute atomic E-state index is 12.3. The summed E-state index contributed by atoms with van der Waals surface area (Å²) in [6.45, 7) is 4.95. The molecule has 0 heterocycles. The first-order valence-electron chi connectivity index (χ1n) is 7.62. The van der Waals surface area contributed by atoms with Crippen LogP contribution in [0.2, 0.25) is 0 Å². The van der Waals surface area contributed by atoms with Crippen molar-refractivity contribution in [3.63, 3.8) is 0 Å². The summed E-state index contributed by atoms with van der Waals surface area (Å²) in [6, 6.07) is 2.98. The second-order valence-corrected chi connectivity index (χ2v) is 6.69. The molecule has 0 aliphatic heterocycles. The number of hydrogen-bond donors (Lipinski definition) is 3. The van der Waals surface area contributed by atoms with Crippen LogP contribution in [0.3, 0.4) is 0 Å². The predicted octanol–water partition coefficient (Wildman–Crippen LogP) is 0.352. The highest BCUT2D eigenvalue weighted by Gasteiger charge is 2.20.